The second-order valence-corrected chi connectivity index (χ2v) is 5.86. The number of benzene rings is 1. The molecular weight excluding hydrogens is 306 g/mol. The number of aliphatic hydroxyl groups is 2. The van der Waals surface area contributed by atoms with Gasteiger partial charge in [0.25, 0.3) is 5.91 Å². The number of nitrogens with zero attached hydrogens (tertiary/aromatic N) is 2. The Labute approximate surface area is 142 Å². The molecule has 1 aromatic rings. The fourth-order valence-electron chi connectivity index (χ4n) is 2.62. The molecule has 0 saturated carbocycles. The van der Waals surface area contributed by atoms with Gasteiger partial charge in [-0.1, -0.05) is 12.1 Å². The van der Waals surface area contributed by atoms with Gasteiger partial charge in [-0.25, -0.2) is 0 Å². The van der Waals surface area contributed by atoms with Crippen LogP contribution >= 0.6 is 0 Å². The van der Waals surface area contributed by atoms with E-state index in [1.807, 2.05) is 30.3 Å². The molecule has 24 heavy (non-hydrogen) atoms. The Morgan fingerprint density at radius 2 is 1.96 bits per heavy atom. The topological polar surface area (TPSA) is 96.6 Å². The van der Waals surface area contributed by atoms with Crippen molar-refractivity contribution in [3.05, 3.63) is 35.4 Å². The van der Waals surface area contributed by atoms with E-state index in [0.29, 0.717) is 0 Å². The van der Waals surface area contributed by atoms with E-state index in [1.165, 1.54) is 25.3 Å². The molecule has 1 heterocycles. The van der Waals surface area contributed by atoms with Crippen molar-refractivity contribution in [3.63, 3.8) is 0 Å². The Bertz CT molecular complexity index is 613. The molecule has 0 spiro atoms. The van der Waals surface area contributed by atoms with Crippen LogP contribution in [0.4, 0.5) is 5.69 Å². The number of carbonyl (C=O) groups excluding carboxylic acids is 1. The fraction of sp³-hybridized carbons (Fsp3) is 0.444. The summed E-state index contributed by atoms with van der Waals surface area (Å²) >= 11 is 0. The number of carbonyl (C=O) groups is 1. The van der Waals surface area contributed by atoms with Gasteiger partial charge in [0.15, 0.2) is 0 Å². The Morgan fingerprint density at radius 3 is 2.54 bits per heavy atom. The van der Waals surface area contributed by atoms with Gasteiger partial charge in [-0.05, 0) is 43.0 Å². The minimum Gasteiger partial charge on any atom is -0.394 e. The van der Waals surface area contributed by atoms with Crippen molar-refractivity contribution in [2.75, 3.05) is 31.1 Å². The second kappa shape index (κ2) is 9.06. The van der Waals surface area contributed by atoms with Gasteiger partial charge >= 0.3 is 0 Å². The molecule has 1 aromatic carbocycles. The number of aliphatic hydroxyl groups excluding tert-OH is 2. The molecule has 0 aliphatic carbocycles. The van der Waals surface area contributed by atoms with Crippen molar-refractivity contribution in [1.29, 1.82) is 5.26 Å². The van der Waals surface area contributed by atoms with Gasteiger partial charge in [0.2, 0.25) is 0 Å². The van der Waals surface area contributed by atoms with Crippen LogP contribution in [0, 0.1) is 11.3 Å². The van der Waals surface area contributed by atoms with Gasteiger partial charge in [0, 0.05) is 25.3 Å². The van der Waals surface area contributed by atoms with Crippen LogP contribution in [-0.4, -0.2) is 48.5 Å². The molecule has 6 nitrogen and oxygen atoms in total. The maximum absolute atomic E-state index is 11.9. The molecule has 1 fully saturated rings. The summed E-state index contributed by atoms with van der Waals surface area (Å²) in [5, 5.41) is 29.5. The first-order valence-corrected chi connectivity index (χ1v) is 8.18. The van der Waals surface area contributed by atoms with E-state index in [9.17, 15) is 9.90 Å². The summed E-state index contributed by atoms with van der Waals surface area (Å²) in [5.74, 6) is -0.565. The van der Waals surface area contributed by atoms with Crippen LogP contribution in [0.2, 0.25) is 0 Å². The van der Waals surface area contributed by atoms with E-state index in [1.54, 1.807) is 0 Å². The summed E-state index contributed by atoms with van der Waals surface area (Å²) in [6.45, 7) is 1.59. The van der Waals surface area contributed by atoms with Crippen LogP contribution < -0.4 is 10.2 Å². The summed E-state index contributed by atoms with van der Waals surface area (Å²) in [5.41, 5.74) is 1.89. The van der Waals surface area contributed by atoms with E-state index in [2.05, 4.69) is 10.2 Å². The van der Waals surface area contributed by atoms with Crippen molar-refractivity contribution in [3.8, 4) is 6.07 Å². The number of anilines is 1. The first-order valence-electron chi connectivity index (χ1n) is 8.18. The number of nitrogens with one attached hydrogen (secondary N) is 1. The molecule has 1 saturated heterocycles. The zero-order valence-electron chi connectivity index (χ0n) is 13.6. The molecule has 1 amide bonds. The minimum absolute atomic E-state index is 0.0362. The third kappa shape index (κ3) is 5.08. The first-order chi connectivity index (χ1) is 11.6. The average molecular weight is 329 g/mol. The van der Waals surface area contributed by atoms with E-state index in [0.717, 1.165) is 24.3 Å². The normalized spacial score (nSPS) is 16.4. The van der Waals surface area contributed by atoms with Gasteiger partial charge in [0.1, 0.15) is 11.6 Å². The molecule has 1 unspecified atom stereocenters. The lowest BCUT2D eigenvalue weighted by atomic mass is 10.1. The second-order valence-electron chi connectivity index (χ2n) is 5.86. The molecule has 2 rings (SSSR count). The SMILES string of the molecule is N#C/C(=C\c1ccc(N2CCCCC2)cc1)C(=O)NCC(O)CO. The minimum atomic E-state index is -1.03. The number of piperidine rings is 1. The predicted octanol–water partition coefficient (Wildman–Crippen LogP) is 1.05. The summed E-state index contributed by atoms with van der Waals surface area (Å²) in [6.07, 6.45) is 4.18. The molecule has 0 aromatic heterocycles. The Balaban J connectivity index is 2.02. The molecule has 128 valence electrons. The van der Waals surface area contributed by atoms with E-state index < -0.39 is 18.6 Å². The highest BCUT2D eigenvalue weighted by atomic mass is 16.3. The van der Waals surface area contributed by atoms with Crippen molar-refractivity contribution in [2.45, 2.75) is 25.4 Å². The van der Waals surface area contributed by atoms with Gasteiger partial charge in [-0.15, -0.1) is 0 Å². The van der Waals surface area contributed by atoms with Gasteiger partial charge in [0.05, 0.1) is 12.7 Å². The van der Waals surface area contributed by atoms with Crippen molar-refractivity contribution < 1.29 is 15.0 Å². The molecule has 3 N–H and O–H groups in total. The van der Waals surface area contributed by atoms with Gasteiger partial charge < -0.3 is 20.4 Å². The van der Waals surface area contributed by atoms with Crippen LogP contribution in [0.5, 0.6) is 0 Å². The number of hydrogen-bond donors (Lipinski definition) is 3. The van der Waals surface area contributed by atoms with Crippen molar-refractivity contribution in [1.82, 2.24) is 5.32 Å². The summed E-state index contributed by atoms with van der Waals surface area (Å²) in [7, 11) is 0. The largest absolute Gasteiger partial charge is 0.394 e. The fourth-order valence-corrected chi connectivity index (χ4v) is 2.62. The molecule has 1 aliphatic rings. The third-order valence-electron chi connectivity index (χ3n) is 4.00. The zero-order chi connectivity index (χ0) is 17.4. The smallest absolute Gasteiger partial charge is 0.262 e. The first kappa shape index (κ1) is 18.0. The number of nitriles is 1. The van der Waals surface area contributed by atoms with Crippen LogP contribution in [0.3, 0.4) is 0 Å². The summed E-state index contributed by atoms with van der Waals surface area (Å²) < 4.78 is 0. The van der Waals surface area contributed by atoms with E-state index >= 15 is 0 Å². The van der Waals surface area contributed by atoms with Crippen LogP contribution in [0.15, 0.2) is 29.8 Å². The molecule has 0 bridgehead atoms. The highest BCUT2D eigenvalue weighted by molar-refractivity contribution is 6.01. The van der Waals surface area contributed by atoms with E-state index in [-0.39, 0.29) is 12.1 Å². The zero-order valence-corrected chi connectivity index (χ0v) is 13.6. The number of amides is 1. The highest BCUT2D eigenvalue weighted by Crippen LogP contribution is 2.21. The number of rotatable bonds is 6. The maximum atomic E-state index is 11.9. The lowest BCUT2D eigenvalue weighted by Crippen LogP contribution is -2.34. The highest BCUT2D eigenvalue weighted by Gasteiger charge is 2.12. The van der Waals surface area contributed by atoms with Crippen molar-refractivity contribution >= 4 is 17.7 Å². The third-order valence-corrected chi connectivity index (χ3v) is 4.00. The lowest BCUT2D eigenvalue weighted by Gasteiger charge is -2.28. The van der Waals surface area contributed by atoms with Crippen LogP contribution in [0.1, 0.15) is 24.8 Å². The molecule has 6 heteroatoms. The molecule has 0 radical (unpaired) electrons. The van der Waals surface area contributed by atoms with Gasteiger partial charge in [-0.3, -0.25) is 4.79 Å². The maximum Gasteiger partial charge on any atom is 0.262 e. The molecule has 1 atom stereocenters. The molecule has 1 aliphatic heterocycles. The predicted molar refractivity (Wildman–Crippen MR) is 92.2 cm³/mol. The summed E-state index contributed by atoms with van der Waals surface area (Å²) in [4.78, 5) is 14.2. The quantitative estimate of drug-likeness (QED) is 0.535. The van der Waals surface area contributed by atoms with Crippen LogP contribution in [0.25, 0.3) is 6.08 Å². The summed E-state index contributed by atoms with van der Waals surface area (Å²) in [6, 6.07) is 9.64. The Morgan fingerprint density at radius 1 is 1.29 bits per heavy atom. The van der Waals surface area contributed by atoms with Crippen LogP contribution in [-0.2, 0) is 4.79 Å². The molecular formula is C18H23N3O3. The Kier molecular flexibility index (Phi) is 6.79. The lowest BCUT2D eigenvalue weighted by molar-refractivity contribution is -0.117. The monoisotopic (exact) mass is 329 g/mol. The Hall–Kier alpha value is -2.36. The van der Waals surface area contributed by atoms with Gasteiger partial charge in [-0.2, -0.15) is 5.26 Å². The number of hydrogen-bond acceptors (Lipinski definition) is 5. The van der Waals surface area contributed by atoms with Crippen molar-refractivity contribution in [2.24, 2.45) is 0 Å². The standard InChI is InChI=1S/C18H23N3O3/c19-11-15(18(24)20-12-17(23)13-22)10-14-4-6-16(7-5-14)21-8-2-1-3-9-21/h4-7,10,17,22-23H,1-3,8-9,12-13H2,(H,20,24)/b15-10+. The average Bonchev–Trinajstić information content (AvgIpc) is 2.65. The van der Waals surface area contributed by atoms with E-state index in [4.69, 9.17) is 10.4 Å².